The molecule has 14 heavy (non-hydrogen) atoms. The van der Waals surface area contributed by atoms with Crippen molar-refractivity contribution >= 4 is 5.84 Å². The van der Waals surface area contributed by atoms with Crippen LogP contribution in [0.3, 0.4) is 0 Å². The quantitative estimate of drug-likeness (QED) is 0.218. The van der Waals surface area contributed by atoms with E-state index < -0.39 is 0 Å². The zero-order chi connectivity index (χ0) is 10.6. The Morgan fingerprint density at radius 1 is 1.64 bits per heavy atom. The van der Waals surface area contributed by atoms with Gasteiger partial charge in [-0.2, -0.15) is 0 Å². The first-order valence-corrected chi connectivity index (χ1v) is 5.03. The summed E-state index contributed by atoms with van der Waals surface area (Å²) in [5, 5.41) is 24.0. The number of oxime groups is 1. The minimum Gasteiger partial charge on any atom is -0.409 e. The molecule has 0 aliphatic heterocycles. The first-order chi connectivity index (χ1) is 6.67. The predicted octanol–water partition coefficient (Wildman–Crippen LogP) is 0.0160. The minimum absolute atomic E-state index is 0.113. The second-order valence-electron chi connectivity index (χ2n) is 3.92. The Morgan fingerprint density at radius 3 is 2.57 bits per heavy atom. The Hall–Kier alpha value is -0.810. The van der Waals surface area contributed by atoms with Gasteiger partial charge in [0.1, 0.15) is 0 Å². The molecule has 0 spiro atoms. The summed E-state index contributed by atoms with van der Waals surface area (Å²) in [5.74, 6) is 0.187. The van der Waals surface area contributed by atoms with Crippen LogP contribution in [0.15, 0.2) is 5.16 Å². The van der Waals surface area contributed by atoms with Gasteiger partial charge in [0.2, 0.25) is 0 Å². The fourth-order valence-electron chi connectivity index (χ4n) is 1.78. The SMILES string of the molecule is CCC(NC1(CO)CCC1)C(N)=NO. The van der Waals surface area contributed by atoms with E-state index in [0.29, 0.717) is 0 Å². The van der Waals surface area contributed by atoms with Gasteiger partial charge in [0.15, 0.2) is 5.84 Å². The van der Waals surface area contributed by atoms with E-state index in [0.717, 1.165) is 25.7 Å². The molecule has 82 valence electrons. The molecule has 0 heterocycles. The number of hydrogen-bond donors (Lipinski definition) is 4. The maximum Gasteiger partial charge on any atom is 0.156 e. The van der Waals surface area contributed by atoms with Crippen molar-refractivity contribution in [2.75, 3.05) is 6.61 Å². The molecule has 0 aromatic rings. The van der Waals surface area contributed by atoms with Crippen LogP contribution in [-0.2, 0) is 0 Å². The Labute approximate surface area is 84.0 Å². The summed E-state index contributed by atoms with van der Waals surface area (Å²) in [6.07, 6.45) is 3.79. The van der Waals surface area contributed by atoms with Crippen molar-refractivity contribution in [3.63, 3.8) is 0 Å². The Kier molecular flexibility index (Phi) is 3.71. The average Bonchev–Trinajstić information content (AvgIpc) is 2.16. The molecule has 1 unspecified atom stereocenters. The fraction of sp³-hybridized carbons (Fsp3) is 0.889. The first kappa shape index (κ1) is 11.3. The fourth-order valence-corrected chi connectivity index (χ4v) is 1.78. The number of hydrogen-bond acceptors (Lipinski definition) is 4. The molecular weight excluding hydrogens is 182 g/mol. The van der Waals surface area contributed by atoms with E-state index in [2.05, 4.69) is 10.5 Å². The zero-order valence-corrected chi connectivity index (χ0v) is 8.53. The molecule has 0 radical (unpaired) electrons. The van der Waals surface area contributed by atoms with Crippen LogP contribution in [0, 0.1) is 0 Å². The topological polar surface area (TPSA) is 90.9 Å². The predicted molar refractivity (Wildman–Crippen MR) is 54.3 cm³/mol. The van der Waals surface area contributed by atoms with E-state index in [1.807, 2.05) is 6.92 Å². The number of aliphatic hydroxyl groups excluding tert-OH is 1. The molecule has 0 saturated heterocycles. The highest BCUT2D eigenvalue weighted by Gasteiger charge is 2.38. The van der Waals surface area contributed by atoms with Gasteiger partial charge in [-0.25, -0.2) is 0 Å². The summed E-state index contributed by atoms with van der Waals surface area (Å²) in [6, 6.07) is -0.146. The molecule has 1 atom stereocenters. The van der Waals surface area contributed by atoms with E-state index in [9.17, 15) is 5.11 Å². The van der Waals surface area contributed by atoms with Crippen molar-refractivity contribution in [2.45, 2.75) is 44.2 Å². The normalized spacial score (nSPS) is 22.9. The van der Waals surface area contributed by atoms with Crippen molar-refractivity contribution < 1.29 is 10.3 Å². The highest BCUT2D eigenvalue weighted by Crippen LogP contribution is 2.31. The molecule has 1 aliphatic carbocycles. The second kappa shape index (κ2) is 4.61. The Morgan fingerprint density at radius 2 is 2.29 bits per heavy atom. The van der Waals surface area contributed by atoms with Gasteiger partial charge in [0.05, 0.1) is 12.6 Å². The minimum atomic E-state index is -0.198. The summed E-state index contributed by atoms with van der Waals surface area (Å²) < 4.78 is 0. The maximum absolute atomic E-state index is 9.23. The summed E-state index contributed by atoms with van der Waals surface area (Å²) in [4.78, 5) is 0. The molecular formula is C9H19N3O2. The van der Waals surface area contributed by atoms with Crippen LogP contribution < -0.4 is 11.1 Å². The van der Waals surface area contributed by atoms with E-state index in [4.69, 9.17) is 10.9 Å². The summed E-state index contributed by atoms with van der Waals surface area (Å²) in [7, 11) is 0. The van der Waals surface area contributed by atoms with Crippen molar-refractivity contribution in [2.24, 2.45) is 10.9 Å². The molecule has 1 saturated carbocycles. The number of nitrogens with zero attached hydrogens (tertiary/aromatic N) is 1. The first-order valence-electron chi connectivity index (χ1n) is 5.03. The van der Waals surface area contributed by atoms with E-state index in [1.165, 1.54) is 0 Å². The van der Waals surface area contributed by atoms with Crippen molar-refractivity contribution in [1.82, 2.24) is 5.32 Å². The molecule has 5 nitrogen and oxygen atoms in total. The van der Waals surface area contributed by atoms with E-state index in [1.54, 1.807) is 0 Å². The molecule has 5 N–H and O–H groups in total. The maximum atomic E-state index is 9.23. The van der Waals surface area contributed by atoms with Crippen molar-refractivity contribution in [3.8, 4) is 0 Å². The van der Waals surface area contributed by atoms with Crippen LogP contribution in [0.2, 0.25) is 0 Å². The van der Waals surface area contributed by atoms with Gasteiger partial charge < -0.3 is 16.0 Å². The van der Waals surface area contributed by atoms with Gasteiger partial charge in [-0.3, -0.25) is 5.32 Å². The Bertz CT molecular complexity index is 209. The van der Waals surface area contributed by atoms with Crippen molar-refractivity contribution in [1.29, 1.82) is 0 Å². The standard InChI is InChI=1S/C9H19N3O2/c1-2-7(8(10)12-14)11-9(6-13)4-3-5-9/h7,11,13-14H,2-6H2,1H3,(H2,10,12). The summed E-state index contributed by atoms with van der Waals surface area (Å²) in [5.41, 5.74) is 5.33. The second-order valence-corrected chi connectivity index (χ2v) is 3.92. The number of nitrogens with one attached hydrogen (secondary N) is 1. The largest absolute Gasteiger partial charge is 0.409 e. The molecule has 0 aromatic heterocycles. The molecule has 0 amide bonds. The average molecular weight is 201 g/mol. The van der Waals surface area contributed by atoms with Gasteiger partial charge in [-0.1, -0.05) is 12.1 Å². The third kappa shape index (κ3) is 2.16. The van der Waals surface area contributed by atoms with Gasteiger partial charge in [-0.05, 0) is 25.7 Å². The van der Waals surface area contributed by atoms with E-state index >= 15 is 0 Å². The highest BCUT2D eigenvalue weighted by molar-refractivity contribution is 5.85. The summed E-state index contributed by atoms with van der Waals surface area (Å²) in [6.45, 7) is 2.07. The Balaban J connectivity index is 2.55. The lowest BCUT2D eigenvalue weighted by atomic mass is 9.76. The van der Waals surface area contributed by atoms with Crippen LogP contribution in [0.4, 0.5) is 0 Å². The van der Waals surface area contributed by atoms with E-state index in [-0.39, 0.29) is 24.0 Å². The number of nitrogens with two attached hydrogens (primary N) is 1. The third-order valence-corrected chi connectivity index (χ3v) is 2.97. The van der Waals surface area contributed by atoms with Gasteiger partial charge in [0.25, 0.3) is 0 Å². The summed E-state index contributed by atoms with van der Waals surface area (Å²) >= 11 is 0. The van der Waals surface area contributed by atoms with Crippen LogP contribution in [0.25, 0.3) is 0 Å². The smallest absolute Gasteiger partial charge is 0.156 e. The number of amidine groups is 1. The number of aliphatic hydroxyl groups is 1. The highest BCUT2D eigenvalue weighted by atomic mass is 16.4. The lowest BCUT2D eigenvalue weighted by Crippen LogP contribution is -2.60. The third-order valence-electron chi connectivity index (χ3n) is 2.97. The molecule has 1 fully saturated rings. The monoisotopic (exact) mass is 201 g/mol. The molecule has 0 aromatic carbocycles. The number of rotatable bonds is 5. The molecule has 1 aliphatic rings. The molecule has 1 rings (SSSR count). The van der Waals surface area contributed by atoms with Crippen LogP contribution in [0.1, 0.15) is 32.6 Å². The van der Waals surface area contributed by atoms with Gasteiger partial charge in [0, 0.05) is 5.54 Å². The lowest BCUT2D eigenvalue weighted by molar-refractivity contribution is 0.0830. The van der Waals surface area contributed by atoms with Crippen molar-refractivity contribution in [3.05, 3.63) is 0 Å². The van der Waals surface area contributed by atoms with Crippen LogP contribution >= 0.6 is 0 Å². The van der Waals surface area contributed by atoms with Crippen LogP contribution in [0.5, 0.6) is 0 Å². The lowest BCUT2D eigenvalue weighted by Gasteiger charge is -2.43. The zero-order valence-electron chi connectivity index (χ0n) is 8.53. The van der Waals surface area contributed by atoms with Crippen LogP contribution in [-0.4, -0.2) is 34.3 Å². The molecule has 5 heteroatoms. The van der Waals surface area contributed by atoms with Gasteiger partial charge in [-0.15, -0.1) is 0 Å². The van der Waals surface area contributed by atoms with Gasteiger partial charge >= 0.3 is 0 Å². The molecule has 0 bridgehead atoms.